The Morgan fingerprint density at radius 3 is 2.32 bits per heavy atom. The second-order valence-corrected chi connectivity index (χ2v) is 10.2. The fourth-order valence-corrected chi connectivity index (χ4v) is 4.60. The van der Waals surface area contributed by atoms with Crippen molar-refractivity contribution in [3.8, 4) is 11.1 Å². The van der Waals surface area contributed by atoms with Gasteiger partial charge in [0.15, 0.2) is 0 Å². The van der Waals surface area contributed by atoms with Crippen LogP contribution < -0.4 is 10.2 Å². The molecule has 0 heterocycles. The topological polar surface area (TPSA) is 24.5 Å². The highest BCUT2D eigenvalue weighted by atomic mass is 16.5. The number of rotatable bonds is 13. The van der Waals surface area contributed by atoms with Gasteiger partial charge < -0.3 is 15.0 Å². The van der Waals surface area contributed by atoms with Crippen LogP contribution in [0.15, 0.2) is 91.0 Å². The van der Waals surface area contributed by atoms with E-state index in [2.05, 4.69) is 130 Å². The van der Waals surface area contributed by atoms with Gasteiger partial charge in [0.1, 0.15) is 0 Å². The first-order valence-corrected chi connectivity index (χ1v) is 13.6. The van der Waals surface area contributed by atoms with Crippen LogP contribution in [0.5, 0.6) is 0 Å². The lowest BCUT2D eigenvalue weighted by Gasteiger charge is -2.27. The van der Waals surface area contributed by atoms with Crippen molar-refractivity contribution in [2.75, 3.05) is 30.4 Å². The molecule has 3 heteroatoms. The fourth-order valence-electron chi connectivity index (χ4n) is 4.60. The number of anilines is 3. The standard InChI is InChI=1S/C34H44N2O/c1-8-21-36(7)33-20-13-12-19-32(33)35-34-30(26(4)5)23-29(28-17-10-9-11-18-28)24-31(34)27(6)37-22-15-14-16-25(2)3/h9-14,16-20,23-24,26-27,35H,2,8,15,21-22H2,1,3-7H3/b16-14-. The SMILES string of the molecule is C=C(C)/C=C\CCOC(C)c1cc(-c2ccccc2)cc(C(C)C)c1Nc1ccccc1N(C)CCC. The van der Waals surface area contributed by atoms with Crippen LogP contribution in [0.4, 0.5) is 17.1 Å². The Kier molecular flexibility index (Phi) is 10.6. The molecule has 0 spiro atoms. The molecule has 0 amide bonds. The highest BCUT2D eigenvalue weighted by molar-refractivity contribution is 5.80. The Balaban J connectivity index is 2.06. The lowest BCUT2D eigenvalue weighted by atomic mass is 9.90. The molecule has 0 aliphatic carbocycles. The van der Waals surface area contributed by atoms with E-state index in [9.17, 15) is 0 Å². The Labute approximate surface area is 224 Å². The molecular weight excluding hydrogens is 452 g/mol. The number of para-hydroxylation sites is 2. The third-order valence-corrected chi connectivity index (χ3v) is 6.56. The molecule has 0 aliphatic heterocycles. The highest BCUT2D eigenvalue weighted by Gasteiger charge is 2.20. The molecule has 3 nitrogen and oxygen atoms in total. The Bertz CT molecular complexity index is 1180. The zero-order valence-corrected chi connectivity index (χ0v) is 23.6. The number of nitrogens with one attached hydrogen (secondary N) is 1. The lowest BCUT2D eigenvalue weighted by molar-refractivity contribution is 0.0697. The number of nitrogens with zero attached hydrogens (tertiary/aromatic N) is 1. The van der Waals surface area contributed by atoms with Gasteiger partial charge in [-0.3, -0.25) is 0 Å². The quantitative estimate of drug-likeness (QED) is 0.188. The molecule has 0 aliphatic rings. The Morgan fingerprint density at radius 1 is 0.973 bits per heavy atom. The summed E-state index contributed by atoms with van der Waals surface area (Å²) < 4.78 is 6.40. The van der Waals surface area contributed by atoms with E-state index in [4.69, 9.17) is 4.74 Å². The average Bonchev–Trinajstić information content (AvgIpc) is 2.89. The van der Waals surface area contributed by atoms with Gasteiger partial charge in [-0.25, -0.2) is 0 Å². The molecule has 0 radical (unpaired) electrons. The molecule has 1 N–H and O–H groups in total. The number of benzene rings is 3. The van der Waals surface area contributed by atoms with Crippen LogP contribution in [0.3, 0.4) is 0 Å². The summed E-state index contributed by atoms with van der Waals surface area (Å²) in [6.45, 7) is 16.5. The lowest BCUT2D eigenvalue weighted by Crippen LogP contribution is -2.19. The van der Waals surface area contributed by atoms with Gasteiger partial charge in [0, 0.05) is 24.8 Å². The van der Waals surface area contributed by atoms with Gasteiger partial charge in [-0.2, -0.15) is 0 Å². The molecule has 1 unspecified atom stereocenters. The maximum atomic E-state index is 6.40. The van der Waals surface area contributed by atoms with E-state index in [0.29, 0.717) is 12.5 Å². The fraction of sp³-hybridized carbons (Fsp3) is 0.353. The second-order valence-electron chi connectivity index (χ2n) is 10.2. The van der Waals surface area contributed by atoms with Crippen molar-refractivity contribution in [1.82, 2.24) is 0 Å². The van der Waals surface area contributed by atoms with Crippen molar-refractivity contribution in [2.45, 2.75) is 59.5 Å². The van der Waals surface area contributed by atoms with E-state index in [-0.39, 0.29) is 6.10 Å². The van der Waals surface area contributed by atoms with E-state index < -0.39 is 0 Å². The molecule has 1 atom stereocenters. The summed E-state index contributed by atoms with van der Waals surface area (Å²) in [6.07, 6.45) is 6.08. The number of hydrogen-bond acceptors (Lipinski definition) is 3. The minimum absolute atomic E-state index is 0.0672. The first-order chi connectivity index (χ1) is 17.8. The van der Waals surface area contributed by atoms with Crippen molar-refractivity contribution in [2.24, 2.45) is 0 Å². The normalized spacial score (nSPS) is 12.2. The van der Waals surface area contributed by atoms with E-state index >= 15 is 0 Å². The molecule has 0 bridgehead atoms. The first-order valence-electron chi connectivity index (χ1n) is 13.6. The van der Waals surface area contributed by atoms with Gasteiger partial charge in [0.05, 0.1) is 24.1 Å². The molecular formula is C34H44N2O. The van der Waals surface area contributed by atoms with Gasteiger partial charge in [-0.15, -0.1) is 0 Å². The van der Waals surface area contributed by atoms with Crippen LogP contribution >= 0.6 is 0 Å². The summed E-state index contributed by atoms with van der Waals surface area (Å²) in [4.78, 5) is 2.32. The average molecular weight is 497 g/mol. The van der Waals surface area contributed by atoms with E-state index in [1.807, 2.05) is 6.92 Å². The largest absolute Gasteiger partial charge is 0.373 e. The molecule has 0 saturated carbocycles. The third kappa shape index (κ3) is 7.84. The van der Waals surface area contributed by atoms with Crippen LogP contribution in [0.2, 0.25) is 0 Å². The second kappa shape index (κ2) is 13.9. The summed E-state index contributed by atoms with van der Waals surface area (Å²) in [5.74, 6) is 0.344. The van der Waals surface area contributed by atoms with Gasteiger partial charge in [0.2, 0.25) is 0 Å². The van der Waals surface area contributed by atoms with Gasteiger partial charge in [0.25, 0.3) is 0 Å². The zero-order valence-electron chi connectivity index (χ0n) is 23.6. The summed E-state index contributed by atoms with van der Waals surface area (Å²) >= 11 is 0. The van der Waals surface area contributed by atoms with Crippen molar-refractivity contribution in [3.63, 3.8) is 0 Å². The summed E-state index contributed by atoms with van der Waals surface area (Å²) in [5, 5.41) is 3.86. The van der Waals surface area contributed by atoms with Crippen LogP contribution in [-0.4, -0.2) is 20.2 Å². The highest BCUT2D eigenvalue weighted by Crippen LogP contribution is 2.40. The molecule has 0 saturated heterocycles. The molecule has 3 rings (SSSR count). The van der Waals surface area contributed by atoms with Crippen LogP contribution in [0.25, 0.3) is 11.1 Å². The third-order valence-electron chi connectivity index (χ3n) is 6.56. The Hall–Kier alpha value is -3.30. The first kappa shape index (κ1) is 28.3. The molecule has 0 fully saturated rings. The van der Waals surface area contributed by atoms with Gasteiger partial charge >= 0.3 is 0 Å². The molecule has 196 valence electrons. The minimum Gasteiger partial charge on any atom is -0.373 e. The minimum atomic E-state index is -0.0672. The number of hydrogen-bond donors (Lipinski definition) is 1. The molecule has 3 aromatic rings. The van der Waals surface area contributed by atoms with E-state index in [0.717, 1.165) is 36.3 Å². The summed E-state index contributed by atoms with van der Waals surface area (Å²) in [5.41, 5.74) is 9.45. The van der Waals surface area contributed by atoms with Crippen molar-refractivity contribution >= 4 is 17.1 Å². The molecule has 0 aromatic heterocycles. The van der Waals surface area contributed by atoms with Gasteiger partial charge in [-0.05, 0) is 73.6 Å². The maximum Gasteiger partial charge on any atom is 0.0817 e. The molecule has 37 heavy (non-hydrogen) atoms. The van der Waals surface area contributed by atoms with Crippen LogP contribution in [0, 0.1) is 0 Å². The van der Waals surface area contributed by atoms with E-state index in [1.165, 1.54) is 27.9 Å². The van der Waals surface area contributed by atoms with E-state index in [1.54, 1.807) is 0 Å². The number of allylic oxidation sites excluding steroid dienone is 2. The van der Waals surface area contributed by atoms with Crippen molar-refractivity contribution in [3.05, 3.63) is 102 Å². The maximum absolute atomic E-state index is 6.40. The number of ether oxygens (including phenoxy) is 1. The summed E-state index contributed by atoms with van der Waals surface area (Å²) in [6, 6.07) is 23.9. The Morgan fingerprint density at radius 2 is 1.65 bits per heavy atom. The smallest absolute Gasteiger partial charge is 0.0817 e. The van der Waals surface area contributed by atoms with Crippen LogP contribution in [-0.2, 0) is 4.74 Å². The predicted octanol–water partition coefficient (Wildman–Crippen LogP) is 9.67. The zero-order chi connectivity index (χ0) is 26.8. The summed E-state index contributed by atoms with van der Waals surface area (Å²) in [7, 11) is 2.16. The molecule has 3 aromatic carbocycles. The van der Waals surface area contributed by atoms with Crippen LogP contribution in [0.1, 0.15) is 70.6 Å². The predicted molar refractivity (Wildman–Crippen MR) is 162 cm³/mol. The van der Waals surface area contributed by atoms with Gasteiger partial charge in [-0.1, -0.05) is 87.5 Å². The monoisotopic (exact) mass is 496 g/mol. The van der Waals surface area contributed by atoms with Crippen molar-refractivity contribution in [1.29, 1.82) is 0 Å². The van der Waals surface area contributed by atoms with Crippen molar-refractivity contribution < 1.29 is 4.74 Å².